The second kappa shape index (κ2) is 14.6. The van der Waals surface area contributed by atoms with Gasteiger partial charge in [0, 0.05) is 19.5 Å². The molecule has 4 amide bonds. The molecule has 3 N–H and O–H groups in total. The zero-order valence-electron chi connectivity index (χ0n) is 21.2. The second-order valence-electron chi connectivity index (χ2n) is 9.66. The van der Waals surface area contributed by atoms with Crippen LogP contribution in [0.4, 0.5) is 0 Å². The molecule has 0 aromatic heterocycles. The van der Waals surface area contributed by atoms with Crippen LogP contribution in [0.5, 0.6) is 0 Å². The Morgan fingerprint density at radius 2 is 1.46 bits per heavy atom. The predicted molar refractivity (Wildman–Crippen MR) is 134 cm³/mol. The van der Waals surface area contributed by atoms with Crippen molar-refractivity contribution in [2.24, 2.45) is 5.92 Å². The van der Waals surface area contributed by atoms with Crippen LogP contribution in [0, 0.1) is 12.5 Å². The molecule has 35 heavy (non-hydrogen) atoms. The maximum atomic E-state index is 12.3. The lowest BCUT2D eigenvalue weighted by Crippen LogP contribution is -2.51. The molecule has 1 aromatic rings. The van der Waals surface area contributed by atoms with Crippen molar-refractivity contribution in [2.75, 3.05) is 6.54 Å². The minimum atomic E-state index is -0.980. The molecule has 1 aliphatic rings. The molecule has 1 aliphatic heterocycles. The van der Waals surface area contributed by atoms with Crippen LogP contribution in [0.3, 0.4) is 0 Å². The van der Waals surface area contributed by atoms with E-state index in [9.17, 15) is 24.3 Å². The van der Waals surface area contributed by atoms with Gasteiger partial charge in [0.15, 0.2) is 0 Å². The normalized spacial score (nSPS) is 14.7. The third-order valence-corrected chi connectivity index (χ3v) is 6.08. The zero-order valence-corrected chi connectivity index (χ0v) is 21.2. The maximum absolute atomic E-state index is 12.3. The Bertz CT molecular complexity index is 833. The number of carbonyl (C=O) groups excluding carboxylic acids is 4. The van der Waals surface area contributed by atoms with Gasteiger partial charge in [0.25, 0.3) is 11.8 Å². The van der Waals surface area contributed by atoms with E-state index in [1.165, 1.54) is 11.8 Å². The van der Waals surface area contributed by atoms with Gasteiger partial charge in [-0.2, -0.15) is 0 Å². The number of unbranched alkanes of at least 4 members (excludes halogenated alkanes) is 6. The summed E-state index contributed by atoms with van der Waals surface area (Å²) in [7, 11) is 0. The van der Waals surface area contributed by atoms with Crippen LogP contribution >= 0.6 is 0 Å². The fraction of sp³-hybridized carbons (Fsp3) is 0.593. The molecule has 2 rings (SSSR count). The van der Waals surface area contributed by atoms with Crippen LogP contribution in [0.2, 0.25) is 0 Å². The molecule has 1 heterocycles. The number of aliphatic hydroxyl groups excluding tert-OH is 1. The maximum Gasteiger partial charge on any atom is 0.261 e. The summed E-state index contributed by atoms with van der Waals surface area (Å²) in [5, 5.41) is 15.1. The van der Waals surface area contributed by atoms with Gasteiger partial charge in [0.05, 0.1) is 17.2 Å². The third kappa shape index (κ3) is 9.09. The number of carbonyl (C=O) groups is 4. The highest BCUT2D eigenvalue weighted by molar-refractivity contribution is 6.21. The molecule has 0 aliphatic carbocycles. The standard InChI is InChI=1S/C27H40N3O5/c1-19(2)16-17-28-25(33)24(20(3)31)29-23(32)15-9-7-5-4-6-8-12-18-30-26(34)21-13-10-11-14-22(21)27(30)35/h10-11,13-14,17,19-20,24,31H,4-9,12,15-16,18H2,1-3H3,(H,28,33)(H,29,32)/t20-,24+/m1/s1. The summed E-state index contributed by atoms with van der Waals surface area (Å²) >= 11 is 0. The van der Waals surface area contributed by atoms with Crippen molar-refractivity contribution in [3.63, 3.8) is 0 Å². The number of nitrogens with zero attached hydrogens (tertiary/aromatic N) is 1. The van der Waals surface area contributed by atoms with Crippen molar-refractivity contribution in [1.29, 1.82) is 0 Å². The number of fused-ring (bicyclic) bond motifs is 1. The highest BCUT2D eigenvalue weighted by Gasteiger charge is 2.34. The Kier molecular flexibility index (Phi) is 11.9. The molecular formula is C27H40N3O5. The summed E-state index contributed by atoms with van der Waals surface area (Å²) in [6, 6.07) is 5.97. The molecule has 8 nitrogen and oxygen atoms in total. The first-order valence-electron chi connectivity index (χ1n) is 12.8. The highest BCUT2D eigenvalue weighted by atomic mass is 16.3. The van der Waals surface area contributed by atoms with Gasteiger partial charge in [-0.25, -0.2) is 0 Å². The van der Waals surface area contributed by atoms with Gasteiger partial charge in [-0.15, -0.1) is 0 Å². The molecule has 0 saturated carbocycles. The SMILES string of the molecule is CC(C)C[CH]NC(=O)[C@@H](NC(=O)CCCCCCCCCN1C(=O)c2ccccc2C1=O)[C@@H](C)O. The van der Waals surface area contributed by atoms with E-state index in [-0.39, 0.29) is 17.7 Å². The van der Waals surface area contributed by atoms with Gasteiger partial charge in [-0.05, 0) is 44.2 Å². The van der Waals surface area contributed by atoms with Crippen LogP contribution in [0.15, 0.2) is 24.3 Å². The van der Waals surface area contributed by atoms with E-state index in [1.54, 1.807) is 30.8 Å². The Labute approximate surface area is 208 Å². The van der Waals surface area contributed by atoms with Crippen molar-refractivity contribution >= 4 is 23.6 Å². The minimum absolute atomic E-state index is 0.201. The summed E-state index contributed by atoms with van der Waals surface area (Å²) in [6.07, 6.45) is 6.41. The average Bonchev–Trinajstić information content (AvgIpc) is 3.05. The van der Waals surface area contributed by atoms with E-state index in [4.69, 9.17) is 0 Å². The monoisotopic (exact) mass is 486 g/mol. The fourth-order valence-corrected chi connectivity index (χ4v) is 4.02. The Balaban J connectivity index is 1.53. The molecule has 1 aromatic carbocycles. The number of hydrogen-bond acceptors (Lipinski definition) is 5. The van der Waals surface area contributed by atoms with Gasteiger partial charge in [-0.3, -0.25) is 24.1 Å². The van der Waals surface area contributed by atoms with Gasteiger partial charge >= 0.3 is 0 Å². The predicted octanol–water partition coefficient (Wildman–Crippen LogP) is 3.59. The van der Waals surface area contributed by atoms with E-state index >= 15 is 0 Å². The first-order valence-corrected chi connectivity index (χ1v) is 12.8. The lowest BCUT2D eigenvalue weighted by atomic mass is 10.1. The topological polar surface area (TPSA) is 116 Å². The second-order valence-corrected chi connectivity index (χ2v) is 9.66. The molecular weight excluding hydrogens is 446 g/mol. The van der Waals surface area contributed by atoms with Crippen molar-refractivity contribution in [3.8, 4) is 0 Å². The van der Waals surface area contributed by atoms with Gasteiger partial charge in [0.1, 0.15) is 6.04 Å². The van der Waals surface area contributed by atoms with E-state index < -0.39 is 18.1 Å². The summed E-state index contributed by atoms with van der Waals surface area (Å²) in [5.74, 6) is -0.641. The van der Waals surface area contributed by atoms with E-state index in [0.29, 0.717) is 36.4 Å². The lowest BCUT2D eigenvalue weighted by molar-refractivity contribution is -0.131. The third-order valence-electron chi connectivity index (χ3n) is 6.08. The summed E-state index contributed by atoms with van der Waals surface area (Å²) in [5.41, 5.74) is 0.984. The zero-order chi connectivity index (χ0) is 25.8. The molecule has 0 bridgehead atoms. The molecule has 0 unspecified atom stereocenters. The van der Waals surface area contributed by atoms with Crippen LogP contribution in [-0.4, -0.2) is 52.3 Å². The smallest absolute Gasteiger partial charge is 0.261 e. The average molecular weight is 487 g/mol. The van der Waals surface area contributed by atoms with Crippen molar-refractivity contribution in [2.45, 2.75) is 90.7 Å². The molecule has 0 saturated heterocycles. The van der Waals surface area contributed by atoms with Crippen molar-refractivity contribution in [1.82, 2.24) is 15.5 Å². The highest BCUT2D eigenvalue weighted by Crippen LogP contribution is 2.23. The number of hydrogen-bond donors (Lipinski definition) is 3. The molecule has 2 atom stereocenters. The number of imide groups is 1. The summed E-state index contributed by atoms with van der Waals surface area (Å²) in [4.78, 5) is 50.5. The molecule has 0 spiro atoms. The molecule has 193 valence electrons. The van der Waals surface area contributed by atoms with Gasteiger partial charge < -0.3 is 15.7 Å². The van der Waals surface area contributed by atoms with E-state index in [1.807, 2.05) is 13.8 Å². The van der Waals surface area contributed by atoms with Crippen LogP contribution in [0.1, 0.15) is 99.3 Å². The Morgan fingerprint density at radius 1 is 0.914 bits per heavy atom. The Morgan fingerprint density at radius 3 is 2.00 bits per heavy atom. The molecule has 8 heteroatoms. The van der Waals surface area contributed by atoms with Gasteiger partial charge in [0.2, 0.25) is 11.8 Å². The lowest BCUT2D eigenvalue weighted by Gasteiger charge is -2.21. The molecule has 1 radical (unpaired) electrons. The van der Waals surface area contributed by atoms with Gasteiger partial charge in [-0.1, -0.05) is 58.1 Å². The van der Waals surface area contributed by atoms with Crippen molar-refractivity contribution < 1.29 is 24.3 Å². The van der Waals surface area contributed by atoms with Crippen LogP contribution in [0.25, 0.3) is 0 Å². The largest absolute Gasteiger partial charge is 0.391 e. The summed E-state index contributed by atoms with van der Waals surface area (Å²) in [6.45, 7) is 7.67. The number of nitrogens with one attached hydrogen (secondary N) is 2. The number of amides is 4. The number of benzene rings is 1. The minimum Gasteiger partial charge on any atom is -0.391 e. The van der Waals surface area contributed by atoms with E-state index in [0.717, 1.165) is 44.9 Å². The first kappa shape index (κ1) is 28.5. The Hall–Kier alpha value is -2.74. The van der Waals surface area contributed by atoms with E-state index in [2.05, 4.69) is 10.6 Å². The summed E-state index contributed by atoms with van der Waals surface area (Å²) < 4.78 is 0. The van der Waals surface area contributed by atoms with Crippen LogP contribution < -0.4 is 10.6 Å². The number of rotatable bonds is 16. The number of aliphatic hydroxyl groups is 1. The first-order chi connectivity index (χ1) is 16.7. The molecule has 0 fully saturated rings. The van der Waals surface area contributed by atoms with Crippen molar-refractivity contribution in [3.05, 3.63) is 41.9 Å². The quantitative estimate of drug-likeness (QED) is 0.244. The fourth-order valence-electron chi connectivity index (χ4n) is 4.02. The van der Waals surface area contributed by atoms with Crippen LogP contribution in [-0.2, 0) is 9.59 Å².